The molecule has 0 saturated carbocycles. The van der Waals surface area contributed by atoms with Crippen molar-refractivity contribution in [2.45, 2.75) is 13.0 Å². The first-order valence-electron chi connectivity index (χ1n) is 3.80. The lowest BCUT2D eigenvalue weighted by Gasteiger charge is -1.94. The maximum absolute atomic E-state index is 4.03. The first-order chi connectivity index (χ1) is 5.86. The van der Waals surface area contributed by atoms with E-state index in [1.165, 1.54) is 0 Å². The summed E-state index contributed by atoms with van der Waals surface area (Å²) in [7, 11) is 0. The molecule has 1 aromatic heterocycles. The average Bonchev–Trinajstić information content (AvgIpc) is 2.50. The smallest absolute Gasteiger partial charge is 0.0835 e. The number of thioether (sulfide) groups is 1. The standard InChI is InChI=1S/C7H12BrN3S/c1-12-5-4-11-6-7(2-3-8)9-10-11/h6H,2-5H2,1H3. The Hall–Kier alpha value is -0.0300. The molecule has 68 valence electrons. The molecule has 0 aromatic carbocycles. The Morgan fingerprint density at radius 2 is 2.50 bits per heavy atom. The van der Waals surface area contributed by atoms with Gasteiger partial charge in [-0.3, -0.25) is 4.68 Å². The summed E-state index contributed by atoms with van der Waals surface area (Å²) < 4.78 is 1.90. The number of halogens is 1. The van der Waals surface area contributed by atoms with Gasteiger partial charge in [-0.05, 0) is 6.26 Å². The third kappa shape index (κ3) is 3.15. The van der Waals surface area contributed by atoms with Crippen LogP contribution in [0.3, 0.4) is 0 Å². The zero-order valence-electron chi connectivity index (χ0n) is 7.03. The minimum atomic E-state index is 0.953. The lowest BCUT2D eigenvalue weighted by atomic mass is 10.4. The number of hydrogen-bond acceptors (Lipinski definition) is 3. The van der Waals surface area contributed by atoms with Gasteiger partial charge in [0.1, 0.15) is 0 Å². The molecular formula is C7H12BrN3S. The second-order valence-corrected chi connectivity index (χ2v) is 4.18. The third-order valence-electron chi connectivity index (χ3n) is 1.46. The van der Waals surface area contributed by atoms with Crippen molar-refractivity contribution in [3.63, 3.8) is 0 Å². The summed E-state index contributed by atoms with van der Waals surface area (Å²) in [6.45, 7) is 0.955. The van der Waals surface area contributed by atoms with E-state index < -0.39 is 0 Å². The van der Waals surface area contributed by atoms with E-state index in [1.807, 2.05) is 22.6 Å². The molecular weight excluding hydrogens is 238 g/mol. The molecule has 0 spiro atoms. The van der Waals surface area contributed by atoms with Gasteiger partial charge in [0.15, 0.2) is 0 Å². The zero-order chi connectivity index (χ0) is 8.81. The molecule has 0 aliphatic heterocycles. The van der Waals surface area contributed by atoms with E-state index in [0.29, 0.717) is 0 Å². The fourth-order valence-electron chi connectivity index (χ4n) is 0.844. The Balaban J connectivity index is 2.41. The predicted octanol–water partition coefficient (Wildman–Crippen LogP) is 1.58. The predicted molar refractivity (Wildman–Crippen MR) is 55.9 cm³/mol. The Morgan fingerprint density at radius 3 is 3.17 bits per heavy atom. The minimum absolute atomic E-state index is 0.953. The molecule has 12 heavy (non-hydrogen) atoms. The molecule has 0 atom stereocenters. The minimum Gasteiger partial charge on any atom is -0.251 e. The molecule has 5 heteroatoms. The van der Waals surface area contributed by atoms with E-state index in [2.05, 4.69) is 32.5 Å². The normalized spacial score (nSPS) is 10.5. The first-order valence-corrected chi connectivity index (χ1v) is 6.32. The van der Waals surface area contributed by atoms with Gasteiger partial charge in [-0.25, -0.2) is 0 Å². The van der Waals surface area contributed by atoms with Crippen LogP contribution in [0.1, 0.15) is 5.69 Å². The van der Waals surface area contributed by atoms with E-state index in [-0.39, 0.29) is 0 Å². The van der Waals surface area contributed by atoms with Gasteiger partial charge in [-0.2, -0.15) is 11.8 Å². The Bertz CT molecular complexity index is 226. The highest BCUT2D eigenvalue weighted by Crippen LogP contribution is 1.99. The zero-order valence-corrected chi connectivity index (χ0v) is 9.44. The van der Waals surface area contributed by atoms with Crippen molar-refractivity contribution in [1.82, 2.24) is 15.0 Å². The fourth-order valence-corrected chi connectivity index (χ4v) is 1.62. The first kappa shape index (κ1) is 10.1. The van der Waals surface area contributed by atoms with Crippen LogP contribution in [0.4, 0.5) is 0 Å². The largest absolute Gasteiger partial charge is 0.251 e. The van der Waals surface area contributed by atoms with Crippen molar-refractivity contribution in [3.8, 4) is 0 Å². The highest BCUT2D eigenvalue weighted by molar-refractivity contribution is 9.09. The Kier molecular flexibility index (Phi) is 4.68. The molecule has 0 unspecified atom stereocenters. The second kappa shape index (κ2) is 5.59. The Morgan fingerprint density at radius 1 is 1.67 bits per heavy atom. The molecule has 3 nitrogen and oxygen atoms in total. The molecule has 0 amide bonds. The average molecular weight is 250 g/mol. The van der Waals surface area contributed by atoms with E-state index >= 15 is 0 Å². The molecule has 0 N–H and O–H groups in total. The lowest BCUT2D eigenvalue weighted by Crippen LogP contribution is -2.00. The van der Waals surface area contributed by atoms with Crippen LogP contribution in [0.25, 0.3) is 0 Å². The molecule has 0 radical (unpaired) electrons. The van der Waals surface area contributed by atoms with Crippen molar-refractivity contribution >= 4 is 27.7 Å². The lowest BCUT2D eigenvalue weighted by molar-refractivity contribution is 0.632. The van der Waals surface area contributed by atoms with Gasteiger partial charge < -0.3 is 0 Å². The quantitative estimate of drug-likeness (QED) is 0.743. The van der Waals surface area contributed by atoms with E-state index in [0.717, 1.165) is 29.7 Å². The Labute approximate surface area is 85.0 Å². The number of alkyl halides is 1. The highest BCUT2D eigenvalue weighted by atomic mass is 79.9. The van der Waals surface area contributed by atoms with Gasteiger partial charge in [0.05, 0.1) is 12.2 Å². The number of hydrogen-bond donors (Lipinski definition) is 0. The number of nitrogens with zero attached hydrogens (tertiary/aromatic N) is 3. The molecule has 0 aliphatic rings. The van der Waals surface area contributed by atoms with Crippen LogP contribution in [-0.4, -0.2) is 32.3 Å². The van der Waals surface area contributed by atoms with Gasteiger partial charge in [0, 0.05) is 23.7 Å². The van der Waals surface area contributed by atoms with E-state index in [9.17, 15) is 0 Å². The number of rotatable bonds is 5. The monoisotopic (exact) mass is 249 g/mol. The molecule has 0 fully saturated rings. The second-order valence-electron chi connectivity index (χ2n) is 2.40. The molecule has 0 bridgehead atoms. The van der Waals surface area contributed by atoms with Crippen LogP contribution in [0.5, 0.6) is 0 Å². The van der Waals surface area contributed by atoms with Gasteiger partial charge >= 0.3 is 0 Å². The molecule has 0 aliphatic carbocycles. The van der Waals surface area contributed by atoms with Crippen molar-refractivity contribution in [1.29, 1.82) is 0 Å². The van der Waals surface area contributed by atoms with E-state index in [4.69, 9.17) is 0 Å². The summed E-state index contributed by atoms with van der Waals surface area (Å²) in [5, 5.41) is 8.99. The number of aryl methyl sites for hydroxylation is 2. The van der Waals surface area contributed by atoms with Gasteiger partial charge in [-0.15, -0.1) is 5.10 Å². The van der Waals surface area contributed by atoms with Gasteiger partial charge in [0.25, 0.3) is 0 Å². The summed E-state index contributed by atoms with van der Waals surface area (Å²) in [5.74, 6) is 1.09. The molecule has 1 rings (SSSR count). The topological polar surface area (TPSA) is 30.7 Å². The van der Waals surface area contributed by atoms with Crippen molar-refractivity contribution < 1.29 is 0 Å². The molecule has 0 saturated heterocycles. The van der Waals surface area contributed by atoms with Crippen molar-refractivity contribution in [2.24, 2.45) is 0 Å². The molecule has 1 aromatic rings. The summed E-state index contributed by atoms with van der Waals surface area (Å²) in [6, 6.07) is 0. The van der Waals surface area contributed by atoms with Gasteiger partial charge in [0.2, 0.25) is 0 Å². The van der Waals surface area contributed by atoms with Crippen LogP contribution < -0.4 is 0 Å². The fraction of sp³-hybridized carbons (Fsp3) is 0.714. The van der Waals surface area contributed by atoms with Crippen LogP contribution in [0.15, 0.2) is 6.20 Å². The maximum Gasteiger partial charge on any atom is 0.0835 e. The van der Waals surface area contributed by atoms with Crippen LogP contribution >= 0.6 is 27.7 Å². The van der Waals surface area contributed by atoms with E-state index in [1.54, 1.807) is 0 Å². The van der Waals surface area contributed by atoms with Gasteiger partial charge in [-0.1, -0.05) is 21.1 Å². The van der Waals surface area contributed by atoms with Crippen molar-refractivity contribution in [2.75, 3.05) is 17.3 Å². The molecule has 1 heterocycles. The maximum atomic E-state index is 4.03. The SMILES string of the molecule is CSCCn1cc(CCBr)nn1. The summed E-state index contributed by atoms with van der Waals surface area (Å²) >= 11 is 5.19. The highest BCUT2D eigenvalue weighted by Gasteiger charge is 1.98. The number of aromatic nitrogens is 3. The summed E-state index contributed by atoms with van der Waals surface area (Å²) in [6.07, 6.45) is 5.06. The van der Waals surface area contributed by atoms with Crippen LogP contribution in [0.2, 0.25) is 0 Å². The van der Waals surface area contributed by atoms with Crippen LogP contribution in [-0.2, 0) is 13.0 Å². The van der Waals surface area contributed by atoms with Crippen LogP contribution in [0, 0.1) is 0 Å². The summed E-state index contributed by atoms with van der Waals surface area (Å²) in [4.78, 5) is 0. The van der Waals surface area contributed by atoms with Crippen molar-refractivity contribution in [3.05, 3.63) is 11.9 Å². The summed E-state index contributed by atoms with van der Waals surface area (Å²) in [5.41, 5.74) is 1.06. The third-order valence-corrected chi connectivity index (χ3v) is 2.45.